The van der Waals surface area contributed by atoms with E-state index < -0.39 is 23.6 Å². The molecule has 0 bridgehead atoms. The summed E-state index contributed by atoms with van der Waals surface area (Å²) in [5.41, 5.74) is 0.660. The minimum absolute atomic E-state index is 0.244. The second-order valence-corrected chi connectivity index (χ2v) is 9.92. The van der Waals surface area contributed by atoms with E-state index in [-0.39, 0.29) is 30.9 Å². The van der Waals surface area contributed by atoms with Crippen molar-refractivity contribution in [2.24, 2.45) is 0 Å². The predicted octanol–water partition coefficient (Wildman–Crippen LogP) is 4.08. The van der Waals surface area contributed by atoms with E-state index in [0.717, 1.165) is 0 Å². The van der Waals surface area contributed by atoms with E-state index in [0.29, 0.717) is 29.0 Å². The zero-order chi connectivity index (χ0) is 26.6. The van der Waals surface area contributed by atoms with Crippen LogP contribution in [0.25, 0.3) is 0 Å². The van der Waals surface area contributed by atoms with Crippen molar-refractivity contribution < 1.29 is 28.2 Å². The van der Waals surface area contributed by atoms with E-state index in [1.54, 1.807) is 73.9 Å². The summed E-state index contributed by atoms with van der Waals surface area (Å²) < 4.78 is 26.0. The fourth-order valence-electron chi connectivity index (χ4n) is 3.91. The molecule has 0 aliphatic carbocycles. The van der Waals surface area contributed by atoms with Crippen molar-refractivity contribution in [2.45, 2.75) is 52.4 Å². The molecule has 0 spiro atoms. The minimum Gasteiger partial charge on any atom is -0.476 e. The molecule has 1 N–H and O–H groups in total. The standard InChI is InChI=1S/C27H34FN3O5/c1-17-7-8-20(15-22(17)28)23(35-21-11-9-19(10-12-21)24(32)29-6)25(33)30-13-14-31(18(2)16-30)26(34)36-27(3,4)5/h7-12,15,18,23H,13-14,16H2,1-6H3,(H,29,32)/t18-,23+/m1/s1. The molecule has 1 aliphatic heterocycles. The molecular weight excluding hydrogens is 465 g/mol. The molecule has 2 aromatic carbocycles. The quantitative estimate of drug-likeness (QED) is 0.670. The first-order valence-corrected chi connectivity index (χ1v) is 11.9. The second kappa shape index (κ2) is 11.0. The van der Waals surface area contributed by atoms with Crippen LogP contribution in [0.3, 0.4) is 0 Å². The number of halogens is 1. The molecule has 1 fully saturated rings. The molecule has 0 saturated carbocycles. The Morgan fingerprint density at radius 1 is 1.08 bits per heavy atom. The largest absolute Gasteiger partial charge is 0.476 e. The van der Waals surface area contributed by atoms with E-state index in [9.17, 15) is 18.8 Å². The lowest BCUT2D eigenvalue weighted by atomic mass is 10.0. The molecular formula is C27H34FN3O5. The van der Waals surface area contributed by atoms with Crippen LogP contribution < -0.4 is 10.1 Å². The SMILES string of the molecule is CNC(=O)c1ccc(O[C@H](C(=O)N2CCN(C(=O)OC(C)(C)C)[C@H](C)C2)c2ccc(C)c(F)c2)cc1. The maximum atomic E-state index is 14.4. The first-order valence-electron chi connectivity index (χ1n) is 11.9. The van der Waals surface area contributed by atoms with Crippen molar-refractivity contribution in [3.8, 4) is 5.75 Å². The van der Waals surface area contributed by atoms with Gasteiger partial charge in [-0.05, 0) is 70.5 Å². The number of aryl methyl sites for hydroxylation is 1. The van der Waals surface area contributed by atoms with Crippen LogP contribution >= 0.6 is 0 Å². The smallest absolute Gasteiger partial charge is 0.410 e. The molecule has 1 saturated heterocycles. The Bertz CT molecular complexity index is 1110. The van der Waals surface area contributed by atoms with Crippen molar-refractivity contribution in [1.82, 2.24) is 15.1 Å². The Labute approximate surface area is 211 Å². The molecule has 3 amide bonds. The normalized spacial score (nSPS) is 16.8. The highest BCUT2D eigenvalue weighted by atomic mass is 19.1. The van der Waals surface area contributed by atoms with E-state index in [4.69, 9.17) is 9.47 Å². The van der Waals surface area contributed by atoms with Crippen LogP contribution in [-0.4, -0.2) is 66.0 Å². The third-order valence-corrected chi connectivity index (χ3v) is 5.89. The summed E-state index contributed by atoms with van der Waals surface area (Å²) in [6.45, 7) is 9.78. The Hall–Kier alpha value is -3.62. The van der Waals surface area contributed by atoms with Gasteiger partial charge in [-0.2, -0.15) is 0 Å². The fourth-order valence-corrected chi connectivity index (χ4v) is 3.91. The van der Waals surface area contributed by atoms with Gasteiger partial charge >= 0.3 is 6.09 Å². The molecule has 2 atom stereocenters. The Morgan fingerprint density at radius 3 is 2.31 bits per heavy atom. The first kappa shape index (κ1) is 27.0. The maximum absolute atomic E-state index is 14.4. The number of hydrogen-bond donors (Lipinski definition) is 1. The molecule has 2 aromatic rings. The van der Waals surface area contributed by atoms with Gasteiger partial charge in [-0.3, -0.25) is 9.59 Å². The van der Waals surface area contributed by atoms with E-state index >= 15 is 0 Å². The highest BCUT2D eigenvalue weighted by Crippen LogP contribution is 2.27. The molecule has 0 unspecified atom stereocenters. The van der Waals surface area contributed by atoms with Crippen molar-refractivity contribution in [3.63, 3.8) is 0 Å². The van der Waals surface area contributed by atoms with Crippen LogP contribution in [0, 0.1) is 12.7 Å². The van der Waals surface area contributed by atoms with Gasteiger partial charge in [0.2, 0.25) is 6.10 Å². The number of carbonyl (C=O) groups excluding carboxylic acids is 3. The van der Waals surface area contributed by atoms with Gasteiger partial charge in [-0.15, -0.1) is 0 Å². The number of rotatable bonds is 5. The Kier molecular flexibility index (Phi) is 8.22. The van der Waals surface area contributed by atoms with Crippen molar-refractivity contribution in [2.75, 3.05) is 26.7 Å². The van der Waals surface area contributed by atoms with Gasteiger partial charge in [0.1, 0.15) is 17.2 Å². The lowest BCUT2D eigenvalue weighted by Gasteiger charge is -2.41. The van der Waals surface area contributed by atoms with Gasteiger partial charge in [-0.25, -0.2) is 9.18 Å². The predicted molar refractivity (Wildman–Crippen MR) is 133 cm³/mol. The number of carbonyl (C=O) groups is 3. The maximum Gasteiger partial charge on any atom is 0.410 e. The van der Waals surface area contributed by atoms with Gasteiger partial charge < -0.3 is 24.6 Å². The summed E-state index contributed by atoms with van der Waals surface area (Å²) in [4.78, 5) is 41.3. The molecule has 3 rings (SSSR count). The van der Waals surface area contributed by atoms with Crippen LogP contribution in [0.4, 0.5) is 9.18 Å². The summed E-state index contributed by atoms with van der Waals surface area (Å²) in [6.07, 6.45) is -1.53. The molecule has 9 heteroatoms. The summed E-state index contributed by atoms with van der Waals surface area (Å²) in [6, 6.07) is 10.7. The monoisotopic (exact) mass is 499 g/mol. The average Bonchev–Trinajstić information content (AvgIpc) is 2.82. The molecule has 36 heavy (non-hydrogen) atoms. The van der Waals surface area contributed by atoms with Gasteiger partial charge in [0, 0.05) is 43.9 Å². The van der Waals surface area contributed by atoms with Crippen LogP contribution in [0.5, 0.6) is 5.75 Å². The zero-order valence-electron chi connectivity index (χ0n) is 21.6. The number of benzene rings is 2. The first-order chi connectivity index (χ1) is 16.9. The van der Waals surface area contributed by atoms with Crippen LogP contribution in [0.1, 0.15) is 55.3 Å². The molecule has 194 valence electrons. The lowest BCUT2D eigenvalue weighted by Crippen LogP contribution is -2.57. The Balaban J connectivity index is 1.82. The van der Waals surface area contributed by atoms with Gasteiger partial charge in [0.05, 0.1) is 0 Å². The van der Waals surface area contributed by atoms with Crippen LogP contribution in [0.2, 0.25) is 0 Å². The van der Waals surface area contributed by atoms with E-state index in [2.05, 4.69) is 5.32 Å². The van der Waals surface area contributed by atoms with Crippen molar-refractivity contribution >= 4 is 17.9 Å². The third-order valence-electron chi connectivity index (χ3n) is 5.89. The lowest BCUT2D eigenvalue weighted by molar-refractivity contribution is -0.142. The number of hydrogen-bond acceptors (Lipinski definition) is 5. The van der Waals surface area contributed by atoms with Crippen LogP contribution in [-0.2, 0) is 9.53 Å². The van der Waals surface area contributed by atoms with Gasteiger partial charge in [0.25, 0.3) is 11.8 Å². The number of nitrogens with one attached hydrogen (secondary N) is 1. The number of nitrogens with zero attached hydrogens (tertiary/aromatic N) is 2. The second-order valence-electron chi connectivity index (χ2n) is 9.92. The summed E-state index contributed by atoms with van der Waals surface area (Å²) in [5, 5.41) is 2.55. The number of ether oxygens (including phenoxy) is 2. The fraction of sp³-hybridized carbons (Fsp3) is 0.444. The molecule has 0 aromatic heterocycles. The highest BCUT2D eigenvalue weighted by molar-refractivity contribution is 5.94. The Morgan fingerprint density at radius 2 is 1.75 bits per heavy atom. The molecule has 0 radical (unpaired) electrons. The topological polar surface area (TPSA) is 88.2 Å². The summed E-state index contributed by atoms with van der Waals surface area (Å²) >= 11 is 0. The molecule has 1 heterocycles. The van der Waals surface area contributed by atoms with E-state index in [1.165, 1.54) is 13.1 Å². The highest BCUT2D eigenvalue weighted by Gasteiger charge is 2.36. The van der Waals surface area contributed by atoms with Crippen LogP contribution in [0.15, 0.2) is 42.5 Å². The minimum atomic E-state index is -1.11. The van der Waals surface area contributed by atoms with Gasteiger partial charge in [0.15, 0.2) is 0 Å². The number of piperazine rings is 1. The summed E-state index contributed by atoms with van der Waals surface area (Å²) in [5.74, 6) is -0.662. The van der Waals surface area contributed by atoms with Crippen molar-refractivity contribution in [3.05, 3.63) is 65.0 Å². The zero-order valence-corrected chi connectivity index (χ0v) is 21.6. The number of amides is 3. The third kappa shape index (κ3) is 6.53. The summed E-state index contributed by atoms with van der Waals surface area (Å²) in [7, 11) is 1.54. The van der Waals surface area contributed by atoms with E-state index in [1.807, 2.05) is 6.92 Å². The molecule has 1 aliphatic rings. The molecule has 8 nitrogen and oxygen atoms in total. The van der Waals surface area contributed by atoms with Gasteiger partial charge in [-0.1, -0.05) is 12.1 Å². The average molecular weight is 500 g/mol. The van der Waals surface area contributed by atoms with Crippen molar-refractivity contribution in [1.29, 1.82) is 0 Å².